The molecule has 0 unspecified atom stereocenters. The highest BCUT2D eigenvalue weighted by molar-refractivity contribution is 7.92. The number of hydrogen-bond acceptors (Lipinski definition) is 3. The lowest BCUT2D eigenvalue weighted by Crippen LogP contribution is -2.15. The van der Waals surface area contributed by atoms with Crippen LogP contribution in [0.3, 0.4) is 0 Å². The molecule has 1 N–H and O–H groups in total. The summed E-state index contributed by atoms with van der Waals surface area (Å²) in [7, 11) is -4.33. The van der Waals surface area contributed by atoms with Crippen LogP contribution in [0.5, 0.6) is 0 Å². The van der Waals surface area contributed by atoms with E-state index in [1.54, 1.807) is 28.8 Å². The van der Waals surface area contributed by atoms with Gasteiger partial charge in [0.15, 0.2) is 0 Å². The van der Waals surface area contributed by atoms with E-state index in [0.29, 0.717) is 23.0 Å². The molecule has 0 aliphatic carbocycles. The number of aromatic nitrogens is 2. The van der Waals surface area contributed by atoms with E-state index in [4.69, 9.17) is 0 Å². The smallest absolute Gasteiger partial charge is 0.264 e. The van der Waals surface area contributed by atoms with E-state index in [1.807, 2.05) is 24.4 Å². The molecular formula is C19H13F2N3O2S. The Labute approximate surface area is 154 Å². The van der Waals surface area contributed by atoms with Crippen molar-refractivity contribution in [1.29, 1.82) is 0 Å². The van der Waals surface area contributed by atoms with E-state index in [1.165, 1.54) is 6.07 Å². The molecule has 27 heavy (non-hydrogen) atoms. The molecule has 0 radical (unpaired) electrons. The minimum Gasteiger partial charge on any atom is -0.306 e. The van der Waals surface area contributed by atoms with Crippen molar-refractivity contribution in [3.63, 3.8) is 0 Å². The fourth-order valence-corrected chi connectivity index (χ4v) is 3.91. The minimum absolute atomic E-state index is 0.213. The van der Waals surface area contributed by atoms with Gasteiger partial charge in [-0.1, -0.05) is 24.3 Å². The van der Waals surface area contributed by atoms with E-state index in [9.17, 15) is 17.2 Å². The van der Waals surface area contributed by atoms with E-state index in [0.717, 1.165) is 12.1 Å². The monoisotopic (exact) mass is 385 g/mol. The summed E-state index contributed by atoms with van der Waals surface area (Å²) in [5.74, 6) is -1.88. The highest BCUT2D eigenvalue weighted by Crippen LogP contribution is 2.29. The minimum atomic E-state index is -4.33. The topological polar surface area (TPSA) is 63.5 Å². The van der Waals surface area contributed by atoms with E-state index < -0.39 is 26.6 Å². The van der Waals surface area contributed by atoms with Crippen molar-refractivity contribution < 1.29 is 17.2 Å². The fourth-order valence-electron chi connectivity index (χ4n) is 2.74. The SMILES string of the molecule is O=S(=O)(Nc1ccccc1-c1cn2ccccc2n1)c1cc(F)ccc1F. The van der Waals surface area contributed by atoms with E-state index in [-0.39, 0.29) is 5.69 Å². The van der Waals surface area contributed by atoms with Crippen LogP contribution < -0.4 is 4.72 Å². The summed E-state index contributed by atoms with van der Waals surface area (Å²) in [4.78, 5) is 3.71. The van der Waals surface area contributed by atoms with Gasteiger partial charge in [0.25, 0.3) is 10.0 Å². The summed E-state index contributed by atoms with van der Waals surface area (Å²) in [6.45, 7) is 0. The van der Waals surface area contributed by atoms with Crippen LogP contribution in [0.25, 0.3) is 16.9 Å². The highest BCUT2D eigenvalue weighted by Gasteiger charge is 2.22. The molecule has 4 rings (SSSR count). The summed E-state index contributed by atoms with van der Waals surface area (Å²) < 4.78 is 56.6. The number of hydrogen-bond donors (Lipinski definition) is 1. The summed E-state index contributed by atoms with van der Waals surface area (Å²) in [6, 6.07) is 14.4. The molecule has 0 saturated carbocycles. The molecule has 8 heteroatoms. The number of imidazole rings is 1. The first-order valence-electron chi connectivity index (χ1n) is 7.95. The maximum Gasteiger partial charge on any atom is 0.264 e. The highest BCUT2D eigenvalue weighted by atomic mass is 32.2. The molecule has 4 aromatic rings. The lowest BCUT2D eigenvalue weighted by molar-refractivity contribution is 0.555. The number of benzene rings is 2. The molecule has 0 spiro atoms. The lowest BCUT2D eigenvalue weighted by atomic mass is 10.1. The third-order valence-corrected chi connectivity index (χ3v) is 5.37. The Morgan fingerprint density at radius 3 is 2.56 bits per heavy atom. The molecule has 5 nitrogen and oxygen atoms in total. The molecule has 0 bridgehead atoms. The Kier molecular flexibility index (Phi) is 4.12. The Balaban J connectivity index is 1.78. The number of anilines is 1. The van der Waals surface area contributed by atoms with Gasteiger partial charge in [-0.2, -0.15) is 0 Å². The summed E-state index contributed by atoms with van der Waals surface area (Å²) in [5.41, 5.74) is 1.96. The number of sulfonamides is 1. The van der Waals surface area contributed by atoms with Crippen molar-refractivity contribution in [3.05, 3.63) is 84.7 Å². The van der Waals surface area contributed by atoms with Crippen LogP contribution in [-0.2, 0) is 10.0 Å². The maximum absolute atomic E-state index is 13.9. The van der Waals surface area contributed by atoms with Crippen LogP contribution in [-0.4, -0.2) is 17.8 Å². The lowest BCUT2D eigenvalue weighted by Gasteiger charge is -2.12. The maximum atomic E-state index is 13.9. The van der Waals surface area contributed by atoms with Crippen molar-refractivity contribution in [1.82, 2.24) is 9.38 Å². The Morgan fingerprint density at radius 2 is 1.74 bits per heavy atom. The first-order valence-corrected chi connectivity index (χ1v) is 9.43. The molecule has 0 saturated heterocycles. The van der Waals surface area contributed by atoms with Crippen LogP contribution in [0, 0.1) is 11.6 Å². The molecule has 2 heterocycles. The van der Waals surface area contributed by atoms with Gasteiger partial charge in [-0.25, -0.2) is 22.2 Å². The predicted molar refractivity (Wildman–Crippen MR) is 97.8 cm³/mol. The second-order valence-corrected chi connectivity index (χ2v) is 7.47. The first kappa shape index (κ1) is 17.2. The number of fused-ring (bicyclic) bond motifs is 1. The van der Waals surface area contributed by atoms with Crippen LogP contribution in [0.15, 0.2) is 78.0 Å². The van der Waals surface area contributed by atoms with Gasteiger partial charge in [0.2, 0.25) is 0 Å². The van der Waals surface area contributed by atoms with Gasteiger partial charge in [0.1, 0.15) is 22.2 Å². The molecule has 2 aromatic carbocycles. The first-order chi connectivity index (χ1) is 12.9. The van der Waals surface area contributed by atoms with Crippen LogP contribution in [0.2, 0.25) is 0 Å². The zero-order valence-corrected chi connectivity index (χ0v) is 14.6. The van der Waals surface area contributed by atoms with E-state index >= 15 is 0 Å². The number of para-hydroxylation sites is 1. The van der Waals surface area contributed by atoms with Crippen LogP contribution >= 0.6 is 0 Å². The third kappa shape index (κ3) is 3.26. The fraction of sp³-hybridized carbons (Fsp3) is 0. The van der Waals surface area contributed by atoms with Gasteiger partial charge in [0, 0.05) is 18.0 Å². The second kappa shape index (κ2) is 6.48. The molecule has 0 amide bonds. The molecule has 2 aromatic heterocycles. The van der Waals surface area contributed by atoms with Crippen molar-refractivity contribution >= 4 is 21.4 Å². The average Bonchev–Trinajstić information content (AvgIpc) is 3.07. The molecule has 0 aliphatic rings. The third-order valence-electron chi connectivity index (χ3n) is 3.99. The van der Waals surface area contributed by atoms with E-state index in [2.05, 4.69) is 9.71 Å². The molecular weight excluding hydrogens is 372 g/mol. The van der Waals surface area contributed by atoms with Gasteiger partial charge < -0.3 is 4.40 Å². The van der Waals surface area contributed by atoms with Gasteiger partial charge in [0.05, 0.1) is 11.4 Å². The quantitative estimate of drug-likeness (QED) is 0.576. The predicted octanol–water partition coefficient (Wildman–Crippen LogP) is 4.08. The summed E-state index contributed by atoms with van der Waals surface area (Å²) in [5, 5.41) is 0. The van der Waals surface area contributed by atoms with Gasteiger partial charge in [-0.05, 0) is 36.4 Å². The Bertz CT molecular complexity index is 1220. The Hall–Kier alpha value is -3.26. The number of nitrogens with zero attached hydrogens (tertiary/aromatic N) is 2. The van der Waals surface area contributed by atoms with Gasteiger partial charge in [-0.15, -0.1) is 0 Å². The zero-order valence-electron chi connectivity index (χ0n) is 13.8. The number of pyridine rings is 1. The van der Waals surface area contributed by atoms with Gasteiger partial charge >= 0.3 is 0 Å². The molecule has 0 aliphatic heterocycles. The zero-order chi connectivity index (χ0) is 19.0. The normalized spacial score (nSPS) is 11.6. The molecule has 136 valence electrons. The summed E-state index contributed by atoms with van der Waals surface area (Å²) in [6.07, 6.45) is 3.58. The number of nitrogens with one attached hydrogen (secondary N) is 1. The van der Waals surface area contributed by atoms with Crippen molar-refractivity contribution in [2.24, 2.45) is 0 Å². The Morgan fingerprint density at radius 1 is 0.963 bits per heavy atom. The van der Waals surface area contributed by atoms with Crippen molar-refractivity contribution in [2.45, 2.75) is 4.90 Å². The number of rotatable bonds is 4. The molecule has 0 atom stereocenters. The molecule has 0 fully saturated rings. The van der Waals surface area contributed by atoms with Crippen LogP contribution in [0.4, 0.5) is 14.5 Å². The van der Waals surface area contributed by atoms with Crippen molar-refractivity contribution in [3.8, 4) is 11.3 Å². The number of halogens is 2. The van der Waals surface area contributed by atoms with Crippen LogP contribution in [0.1, 0.15) is 0 Å². The van der Waals surface area contributed by atoms with Gasteiger partial charge in [-0.3, -0.25) is 4.72 Å². The van der Waals surface area contributed by atoms with Crippen molar-refractivity contribution in [2.75, 3.05) is 4.72 Å². The summed E-state index contributed by atoms with van der Waals surface area (Å²) >= 11 is 0. The standard InChI is InChI=1S/C19H13F2N3O2S/c20-13-8-9-15(21)18(11-13)27(25,26)23-16-6-2-1-5-14(16)17-12-24-10-4-3-7-19(24)22-17/h1-12,23H. The second-order valence-electron chi connectivity index (χ2n) is 5.82. The average molecular weight is 385 g/mol. The largest absolute Gasteiger partial charge is 0.306 e.